The van der Waals surface area contributed by atoms with E-state index in [1.54, 1.807) is 0 Å². The fourth-order valence-corrected chi connectivity index (χ4v) is 2.54. The first kappa shape index (κ1) is 13.9. The predicted molar refractivity (Wildman–Crippen MR) is 60.2 cm³/mol. The van der Waals surface area contributed by atoms with Gasteiger partial charge in [-0.3, -0.25) is 0 Å². The van der Waals surface area contributed by atoms with Crippen LogP contribution in [0, 0.1) is 17.8 Å². The van der Waals surface area contributed by atoms with Crippen molar-refractivity contribution in [2.24, 2.45) is 17.8 Å². The van der Waals surface area contributed by atoms with Gasteiger partial charge in [0.15, 0.2) is 0 Å². The van der Waals surface area contributed by atoms with E-state index in [9.17, 15) is 12.9 Å². The molecular weight excluding hydrogens is 216 g/mol. The Balaban J connectivity index is 2.49. The minimum absolute atomic E-state index is 0.195. The van der Waals surface area contributed by atoms with Gasteiger partial charge in [0.2, 0.25) is 0 Å². The van der Waals surface area contributed by atoms with Crippen LogP contribution in [0.25, 0.3) is 0 Å². The van der Waals surface area contributed by atoms with Gasteiger partial charge in [-0.05, 0) is 37.0 Å². The van der Waals surface area contributed by atoms with Gasteiger partial charge in [0.1, 0.15) is 0 Å². The average molecular weight is 237 g/mol. The zero-order valence-electron chi connectivity index (χ0n) is 10.3. The minimum Gasteiger partial charge on any atom is -0.447 e. The van der Waals surface area contributed by atoms with Crippen LogP contribution in [0.3, 0.4) is 0 Å². The maximum Gasteiger partial charge on any atom is 0.503 e. The Morgan fingerprint density at radius 1 is 1.25 bits per heavy atom. The fourth-order valence-electron chi connectivity index (χ4n) is 2.54. The van der Waals surface area contributed by atoms with Crippen molar-refractivity contribution in [1.29, 1.82) is 0 Å². The highest BCUT2D eigenvalue weighted by atomic mass is 19.4. The Hall–Kier alpha value is -0.185. The molecule has 0 saturated heterocycles. The molecule has 1 fully saturated rings. The van der Waals surface area contributed by atoms with Crippen molar-refractivity contribution in [2.45, 2.75) is 46.1 Å². The Kier molecular flexibility index (Phi) is 4.71. The highest BCUT2D eigenvalue weighted by Crippen LogP contribution is 2.35. The smallest absolute Gasteiger partial charge is 0.447 e. The van der Waals surface area contributed by atoms with Gasteiger partial charge in [-0.15, -0.1) is 0 Å². The Bertz CT molecular complexity index is 218. The van der Waals surface area contributed by atoms with E-state index in [0.29, 0.717) is 11.8 Å². The number of ether oxygens (including phenoxy) is 1. The molecule has 0 radical (unpaired) electrons. The normalized spacial score (nSPS) is 32.1. The van der Waals surface area contributed by atoms with E-state index in [-0.39, 0.29) is 12.0 Å². The van der Waals surface area contributed by atoms with Crippen molar-refractivity contribution >= 4 is 6.98 Å². The lowest BCUT2D eigenvalue weighted by Crippen LogP contribution is -2.37. The monoisotopic (exact) mass is 237 g/mol. The van der Waals surface area contributed by atoms with Crippen LogP contribution in [0.2, 0.25) is 0 Å². The van der Waals surface area contributed by atoms with Crippen molar-refractivity contribution < 1.29 is 17.7 Å². The van der Waals surface area contributed by atoms with Crippen molar-refractivity contribution in [3.63, 3.8) is 0 Å². The molecule has 1 rings (SSSR count). The summed E-state index contributed by atoms with van der Waals surface area (Å²) >= 11 is 0. The van der Waals surface area contributed by atoms with Crippen molar-refractivity contribution in [2.75, 3.05) is 6.51 Å². The van der Waals surface area contributed by atoms with Gasteiger partial charge >= 0.3 is 6.98 Å². The van der Waals surface area contributed by atoms with Crippen LogP contribution in [-0.4, -0.2) is 19.6 Å². The molecule has 16 heavy (non-hydrogen) atoms. The predicted octanol–water partition coefficient (Wildman–Crippen LogP) is 3.85. The molecule has 0 N–H and O–H groups in total. The third kappa shape index (κ3) is 4.36. The highest BCUT2D eigenvalue weighted by Gasteiger charge is 2.33. The molecule has 0 spiro atoms. The van der Waals surface area contributed by atoms with Crippen LogP contribution in [0.15, 0.2) is 0 Å². The average Bonchev–Trinajstić information content (AvgIpc) is 2.14. The number of halogens is 3. The van der Waals surface area contributed by atoms with Crippen LogP contribution in [0.5, 0.6) is 0 Å². The number of hydrogen-bond acceptors (Lipinski definition) is 1. The van der Waals surface area contributed by atoms with E-state index in [2.05, 4.69) is 20.8 Å². The van der Waals surface area contributed by atoms with Gasteiger partial charge in [0, 0.05) is 6.51 Å². The lowest BCUT2D eigenvalue weighted by Gasteiger charge is -2.38. The maximum absolute atomic E-state index is 12.2. The molecule has 1 aliphatic carbocycles. The lowest BCUT2D eigenvalue weighted by atomic mass is 9.74. The standard InChI is InChI=1S/C11H21BF3O/c1-8(2)10-6-9(3)4-5-11(10)16-7-12(13,14)15/h8-11H,4-7H2,1-3H3/q-1. The van der Waals surface area contributed by atoms with Crippen LogP contribution >= 0.6 is 0 Å². The largest absolute Gasteiger partial charge is 0.503 e. The summed E-state index contributed by atoms with van der Waals surface area (Å²) in [5.74, 6) is 1.29. The third-order valence-corrected chi connectivity index (χ3v) is 3.45. The summed E-state index contributed by atoms with van der Waals surface area (Å²) in [5.41, 5.74) is 0. The molecule has 5 heteroatoms. The summed E-state index contributed by atoms with van der Waals surface area (Å²) in [6.45, 7) is 0.454. The molecule has 0 bridgehead atoms. The van der Waals surface area contributed by atoms with Gasteiger partial charge in [-0.25, -0.2) is 0 Å². The Morgan fingerprint density at radius 2 is 1.88 bits per heavy atom. The second kappa shape index (κ2) is 5.43. The molecule has 0 aromatic rings. The van der Waals surface area contributed by atoms with Crippen LogP contribution < -0.4 is 0 Å². The molecular formula is C11H21BF3O-. The molecule has 3 atom stereocenters. The second-order valence-electron chi connectivity index (χ2n) is 5.41. The molecule has 3 unspecified atom stereocenters. The summed E-state index contributed by atoms with van der Waals surface area (Å²) in [6.07, 6.45) is 2.56. The van der Waals surface area contributed by atoms with Gasteiger partial charge in [-0.1, -0.05) is 20.8 Å². The number of hydrogen-bond donors (Lipinski definition) is 0. The van der Waals surface area contributed by atoms with Crippen molar-refractivity contribution in [1.82, 2.24) is 0 Å². The van der Waals surface area contributed by atoms with Gasteiger partial charge in [0.25, 0.3) is 0 Å². The first-order valence-electron chi connectivity index (χ1n) is 6.12. The van der Waals surface area contributed by atoms with E-state index < -0.39 is 13.5 Å². The van der Waals surface area contributed by atoms with Crippen LogP contribution in [0.4, 0.5) is 12.9 Å². The van der Waals surface area contributed by atoms with E-state index >= 15 is 0 Å². The molecule has 96 valence electrons. The van der Waals surface area contributed by atoms with Crippen LogP contribution in [-0.2, 0) is 4.74 Å². The Labute approximate surface area is 95.8 Å². The molecule has 1 saturated carbocycles. The van der Waals surface area contributed by atoms with E-state index in [1.807, 2.05) is 0 Å². The molecule has 1 nitrogen and oxygen atoms in total. The summed E-state index contributed by atoms with van der Waals surface area (Å²) in [7, 11) is 0. The van der Waals surface area contributed by atoms with Crippen LogP contribution in [0.1, 0.15) is 40.0 Å². The number of rotatable bonds is 4. The van der Waals surface area contributed by atoms with E-state index in [0.717, 1.165) is 19.3 Å². The first-order chi connectivity index (χ1) is 7.29. The summed E-state index contributed by atoms with van der Waals surface area (Å²) in [6, 6.07) is 0. The highest BCUT2D eigenvalue weighted by molar-refractivity contribution is 6.58. The first-order valence-corrected chi connectivity index (χ1v) is 6.12. The van der Waals surface area contributed by atoms with E-state index in [4.69, 9.17) is 4.74 Å². The quantitative estimate of drug-likeness (QED) is 0.674. The summed E-state index contributed by atoms with van der Waals surface area (Å²) < 4.78 is 41.5. The summed E-state index contributed by atoms with van der Waals surface area (Å²) in [5, 5.41) is 0. The molecule has 0 aliphatic heterocycles. The van der Waals surface area contributed by atoms with E-state index in [1.165, 1.54) is 0 Å². The summed E-state index contributed by atoms with van der Waals surface area (Å²) in [4.78, 5) is 0. The molecule has 0 aromatic heterocycles. The fraction of sp³-hybridized carbons (Fsp3) is 1.00. The van der Waals surface area contributed by atoms with Crippen molar-refractivity contribution in [3.8, 4) is 0 Å². The third-order valence-electron chi connectivity index (χ3n) is 3.45. The van der Waals surface area contributed by atoms with Gasteiger partial charge < -0.3 is 17.7 Å². The molecule has 0 aromatic carbocycles. The maximum atomic E-state index is 12.2. The minimum atomic E-state index is -4.81. The van der Waals surface area contributed by atoms with Gasteiger partial charge in [0.05, 0.1) is 6.10 Å². The molecule has 0 heterocycles. The molecule has 1 aliphatic rings. The lowest BCUT2D eigenvalue weighted by molar-refractivity contribution is -0.0257. The van der Waals surface area contributed by atoms with Gasteiger partial charge in [-0.2, -0.15) is 0 Å². The SMILES string of the molecule is CC1CCC(OC[B-](F)(F)F)C(C(C)C)C1. The zero-order valence-corrected chi connectivity index (χ0v) is 10.3. The molecule has 0 amide bonds. The Morgan fingerprint density at radius 3 is 2.38 bits per heavy atom. The second-order valence-corrected chi connectivity index (χ2v) is 5.41. The van der Waals surface area contributed by atoms with Crippen molar-refractivity contribution in [3.05, 3.63) is 0 Å². The zero-order chi connectivity index (χ0) is 12.3. The topological polar surface area (TPSA) is 9.23 Å².